The normalized spacial score (nSPS) is 14.1. The van der Waals surface area contributed by atoms with E-state index in [0.717, 1.165) is 5.56 Å². The molecule has 0 bridgehead atoms. The summed E-state index contributed by atoms with van der Waals surface area (Å²) in [5, 5.41) is 17.7. The van der Waals surface area contributed by atoms with Gasteiger partial charge in [0.05, 0.1) is 0 Å². The molecule has 0 fully saturated rings. The van der Waals surface area contributed by atoms with E-state index in [1.54, 1.807) is 12.1 Å². The average Bonchev–Trinajstić information content (AvgIpc) is 2.24. The Labute approximate surface area is 106 Å². The Morgan fingerprint density at radius 3 is 2.71 bits per heavy atom. The molecule has 5 heteroatoms. The molecule has 4 N–H and O–H groups in total. The number of rotatable bonds is 4. The van der Waals surface area contributed by atoms with Crippen molar-refractivity contribution >= 4 is 17.6 Å². The van der Waals surface area contributed by atoms with Gasteiger partial charge < -0.3 is 15.6 Å². The maximum Gasteiger partial charge on any atom is 0.279 e. The summed E-state index contributed by atoms with van der Waals surface area (Å²) in [6.07, 6.45) is -0.921. The van der Waals surface area contributed by atoms with Crippen LogP contribution in [0.15, 0.2) is 18.2 Å². The van der Waals surface area contributed by atoms with Gasteiger partial charge in [-0.1, -0.05) is 30.7 Å². The first-order valence-corrected chi connectivity index (χ1v) is 5.78. The minimum Gasteiger partial charge on any atom is -0.459 e. The number of aliphatic hydroxyl groups is 1. The molecule has 0 amide bonds. The standard InChI is InChI=1S/C12H17ClN2O2/c1-3-10(17-12(14)15)11(16)8-5-4-7(2)6-9(8)13/h4-6,10-11,16H,3H2,1-2H3,(H3,14,15). The van der Waals surface area contributed by atoms with E-state index >= 15 is 0 Å². The average molecular weight is 257 g/mol. The monoisotopic (exact) mass is 256 g/mol. The Morgan fingerprint density at radius 2 is 2.24 bits per heavy atom. The molecule has 0 radical (unpaired) electrons. The molecule has 0 heterocycles. The molecule has 17 heavy (non-hydrogen) atoms. The van der Waals surface area contributed by atoms with Crippen LogP contribution in [0.25, 0.3) is 0 Å². The van der Waals surface area contributed by atoms with Gasteiger partial charge in [-0.15, -0.1) is 0 Å². The van der Waals surface area contributed by atoms with E-state index in [9.17, 15) is 5.11 Å². The lowest BCUT2D eigenvalue weighted by molar-refractivity contribution is 0.0237. The molecule has 0 aliphatic heterocycles. The molecule has 2 unspecified atom stereocenters. The Kier molecular flexibility index (Phi) is 4.78. The van der Waals surface area contributed by atoms with Gasteiger partial charge in [0.1, 0.15) is 12.2 Å². The van der Waals surface area contributed by atoms with Gasteiger partial charge in [0.25, 0.3) is 6.02 Å². The minimum atomic E-state index is -0.892. The molecule has 1 rings (SSSR count). The molecule has 1 aromatic rings. The van der Waals surface area contributed by atoms with Crippen molar-refractivity contribution in [3.05, 3.63) is 34.3 Å². The third kappa shape index (κ3) is 3.61. The zero-order valence-electron chi connectivity index (χ0n) is 9.90. The summed E-state index contributed by atoms with van der Waals surface area (Å²) >= 11 is 6.06. The Morgan fingerprint density at radius 1 is 1.59 bits per heavy atom. The molecule has 2 atom stereocenters. The molecule has 0 saturated heterocycles. The van der Waals surface area contributed by atoms with Crippen molar-refractivity contribution in [2.24, 2.45) is 5.73 Å². The largest absolute Gasteiger partial charge is 0.459 e. The molecular weight excluding hydrogens is 240 g/mol. The second-order valence-electron chi connectivity index (χ2n) is 3.90. The van der Waals surface area contributed by atoms with Gasteiger partial charge in [-0.05, 0) is 25.0 Å². The summed E-state index contributed by atoms with van der Waals surface area (Å²) in [6, 6.07) is 5.00. The highest BCUT2D eigenvalue weighted by Gasteiger charge is 2.23. The molecular formula is C12H17ClN2O2. The first-order valence-electron chi connectivity index (χ1n) is 5.40. The first kappa shape index (κ1) is 13.8. The van der Waals surface area contributed by atoms with E-state index in [1.165, 1.54) is 0 Å². The van der Waals surface area contributed by atoms with Crippen molar-refractivity contribution in [1.82, 2.24) is 0 Å². The number of hydrogen-bond donors (Lipinski definition) is 3. The van der Waals surface area contributed by atoms with Crippen LogP contribution >= 0.6 is 11.6 Å². The molecule has 0 spiro atoms. The highest BCUT2D eigenvalue weighted by Crippen LogP contribution is 2.28. The lowest BCUT2D eigenvalue weighted by atomic mass is 10.0. The van der Waals surface area contributed by atoms with Gasteiger partial charge in [-0.2, -0.15) is 0 Å². The van der Waals surface area contributed by atoms with Crippen molar-refractivity contribution in [1.29, 1.82) is 5.41 Å². The van der Waals surface area contributed by atoms with E-state index in [2.05, 4.69) is 0 Å². The van der Waals surface area contributed by atoms with E-state index < -0.39 is 18.2 Å². The van der Waals surface area contributed by atoms with Crippen molar-refractivity contribution in [2.75, 3.05) is 0 Å². The lowest BCUT2D eigenvalue weighted by Gasteiger charge is -2.23. The molecule has 0 saturated carbocycles. The van der Waals surface area contributed by atoms with Gasteiger partial charge in [0, 0.05) is 10.6 Å². The molecule has 0 aliphatic rings. The maximum atomic E-state index is 10.1. The Balaban J connectivity index is 2.93. The number of amidine groups is 1. The van der Waals surface area contributed by atoms with E-state index in [0.29, 0.717) is 17.0 Å². The zero-order chi connectivity index (χ0) is 13.0. The SMILES string of the molecule is CCC(OC(=N)N)C(O)c1ccc(C)cc1Cl. The van der Waals surface area contributed by atoms with E-state index in [4.69, 9.17) is 27.5 Å². The fourth-order valence-corrected chi connectivity index (χ4v) is 1.95. The highest BCUT2D eigenvalue weighted by molar-refractivity contribution is 6.31. The summed E-state index contributed by atoms with van der Waals surface area (Å²) in [4.78, 5) is 0. The van der Waals surface area contributed by atoms with Gasteiger partial charge in [0.15, 0.2) is 0 Å². The van der Waals surface area contributed by atoms with Crippen molar-refractivity contribution < 1.29 is 9.84 Å². The van der Waals surface area contributed by atoms with Crippen molar-refractivity contribution in [3.63, 3.8) is 0 Å². The van der Waals surface area contributed by atoms with Crippen LogP contribution in [0.4, 0.5) is 0 Å². The summed E-state index contributed by atoms with van der Waals surface area (Å²) in [7, 11) is 0. The fraction of sp³-hybridized carbons (Fsp3) is 0.417. The van der Waals surface area contributed by atoms with Crippen LogP contribution in [0.2, 0.25) is 5.02 Å². The predicted octanol–water partition coefficient (Wildman–Crippen LogP) is 2.37. The van der Waals surface area contributed by atoms with Gasteiger partial charge in [-0.25, -0.2) is 0 Å². The molecule has 94 valence electrons. The first-order chi connectivity index (χ1) is 7.95. The van der Waals surface area contributed by atoms with E-state index in [-0.39, 0.29) is 0 Å². The smallest absolute Gasteiger partial charge is 0.279 e. The van der Waals surface area contributed by atoms with Crippen LogP contribution in [-0.4, -0.2) is 17.2 Å². The topological polar surface area (TPSA) is 79.3 Å². The van der Waals surface area contributed by atoms with Crippen LogP contribution in [0.5, 0.6) is 0 Å². The summed E-state index contributed by atoms with van der Waals surface area (Å²) in [5.41, 5.74) is 6.77. The number of nitrogens with one attached hydrogen (secondary N) is 1. The van der Waals surface area contributed by atoms with Gasteiger partial charge in [-0.3, -0.25) is 5.41 Å². The lowest BCUT2D eigenvalue weighted by Crippen LogP contribution is -2.28. The van der Waals surface area contributed by atoms with Crippen LogP contribution in [0, 0.1) is 12.3 Å². The number of benzene rings is 1. The molecule has 0 aliphatic carbocycles. The number of hydrogen-bond acceptors (Lipinski definition) is 3. The molecule has 0 aromatic heterocycles. The molecule has 1 aromatic carbocycles. The Hall–Kier alpha value is -1.26. The summed E-state index contributed by atoms with van der Waals surface area (Å²) in [5.74, 6) is 0. The van der Waals surface area contributed by atoms with Crippen LogP contribution in [0.1, 0.15) is 30.6 Å². The fourth-order valence-electron chi connectivity index (χ4n) is 1.61. The quantitative estimate of drug-likeness (QED) is 0.572. The van der Waals surface area contributed by atoms with Gasteiger partial charge >= 0.3 is 0 Å². The maximum absolute atomic E-state index is 10.1. The number of nitrogens with two attached hydrogens (primary N) is 1. The van der Waals surface area contributed by atoms with Crippen molar-refractivity contribution in [3.8, 4) is 0 Å². The second-order valence-corrected chi connectivity index (χ2v) is 4.31. The number of halogens is 1. The molecule has 4 nitrogen and oxygen atoms in total. The third-order valence-corrected chi connectivity index (χ3v) is 2.83. The number of aliphatic hydroxyl groups excluding tert-OH is 1. The summed E-state index contributed by atoms with van der Waals surface area (Å²) < 4.78 is 5.05. The predicted molar refractivity (Wildman–Crippen MR) is 68.2 cm³/mol. The van der Waals surface area contributed by atoms with Crippen molar-refractivity contribution in [2.45, 2.75) is 32.5 Å². The zero-order valence-corrected chi connectivity index (χ0v) is 10.7. The second kappa shape index (κ2) is 5.89. The number of ether oxygens (including phenoxy) is 1. The third-order valence-electron chi connectivity index (χ3n) is 2.51. The minimum absolute atomic E-state index is 0.404. The van der Waals surface area contributed by atoms with Crippen LogP contribution in [0.3, 0.4) is 0 Å². The van der Waals surface area contributed by atoms with Crippen LogP contribution < -0.4 is 5.73 Å². The summed E-state index contributed by atoms with van der Waals surface area (Å²) in [6.45, 7) is 3.77. The van der Waals surface area contributed by atoms with E-state index in [1.807, 2.05) is 19.9 Å². The Bertz CT molecular complexity index is 409. The van der Waals surface area contributed by atoms with Crippen LogP contribution in [-0.2, 0) is 4.74 Å². The number of aryl methyl sites for hydroxylation is 1. The van der Waals surface area contributed by atoms with Gasteiger partial charge in [0.2, 0.25) is 0 Å². The highest BCUT2D eigenvalue weighted by atomic mass is 35.5.